The maximum atomic E-state index is 12.7. The lowest BCUT2D eigenvalue weighted by Crippen LogP contribution is -2.09. The molecule has 0 radical (unpaired) electrons. The SMILES string of the molecule is CCc1sc(C(=O)Nc2ccc(F)cc2)cc1C. The van der Waals surface area contributed by atoms with Crippen LogP contribution in [-0.4, -0.2) is 5.91 Å². The fourth-order valence-corrected chi connectivity index (χ4v) is 2.72. The molecule has 0 saturated carbocycles. The van der Waals surface area contributed by atoms with Gasteiger partial charge in [-0.2, -0.15) is 0 Å². The van der Waals surface area contributed by atoms with Crippen LogP contribution in [-0.2, 0) is 6.42 Å². The highest BCUT2D eigenvalue weighted by molar-refractivity contribution is 7.14. The van der Waals surface area contributed by atoms with Crippen LogP contribution in [0.4, 0.5) is 10.1 Å². The molecule has 1 heterocycles. The van der Waals surface area contributed by atoms with Crippen molar-refractivity contribution >= 4 is 22.9 Å². The van der Waals surface area contributed by atoms with Gasteiger partial charge in [-0.05, 0) is 49.2 Å². The molecule has 0 atom stereocenters. The number of anilines is 1. The molecular weight excluding hydrogens is 249 g/mol. The number of aryl methyl sites for hydroxylation is 2. The second-order valence-corrected chi connectivity index (χ2v) is 5.17. The summed E-state index contributed by atoms with van der Waals surface area (Å²) >= 11 is 1.50. The topological polar surface area (TPSA) is 29.1 Å². The molecule has 0 bridgehead atoms. The van der Waals surface area contributed by atoms with Gasteiger partial charge >= 0.3 is 0 Å². The van der Waals surface area contributed by atoms with Gasteiger partial charge in [0, 0.05) is 10.6 Å². The molecule has 1 aromatic carbocycles. The summed E-state index contributed by atoms with van der Waals surface area (Å²) < 4.78 is 12.7. The van der Waals surface area contributed by atoms with Crippen LogP contribution in [0.1, 0.15) is 27.0 Å². The number of hydrogen-bond acceptors (Lipinski definition) is 2. The summed E-state index contributed by atoms with van der Waals surface area (Å²) in [5.74, 6) is -0.456. The van der Waals surface area contributed by atoms with E-state index in [0.29, 0.717) is 10.6 Å². The van der Waals surface area contributed by atoms with E-state index < -0.39 is 0 Å². The molecule has 2 nitrogen and oxygen atoms in total. The van der Waals surface area contributed by atoms with Gasteiger partial charge in [0.25, 0.3) is 5.91 Å². The van der Waals surface area contributed by atoms with E-state index in [-0.39, 0.29) is 11.7 Å². The van der Waals surface area contributed by atoms with Crippen molar-refractivity contribution in [1.29, 1.82) is 0 Å². The van der Waals surface area contributed by atoms with Gasteiger partial charge < -0.3 is 5.32 Å². The standard InChI is InChI=1S/C14H14FNOS/c1-3-12-9(2)8-13(18-12)14(17)16-11-6-4-10(15)5-7-11/h4-8H,3H2,1-2H3,(H,16,17). The van der Waals surface area contributed by atoms with Crippen LogP contribution in [0, 0.1) is 12.7 Å². The van der Waals surface area contributed by atoms with Crippen LogP contribution >= 0.6 is 11.3 Å². The third-order valence-corrected chi connectivity index (χ3v) is 4.05. The van der Waals surface area contributed by atoms with Gasteiger partial charge in [0.1, 0.15) is 5.82 Å². The number of amides is 1. The minimum absolute atomic E-state index is 0.144. The molecule has 1 aromatic heterocycles. The third kappa shape index (κ3) is 2.76. The van der Waals surface area contributed by atoms with Gasteiger partial charge in [-0.25, -0.2) is 4.39 Å². The van der Waals surface area contributed by atoms with Crippen molar-refractivity contribution in [2.75, 3.05) is 5.32 Å². The van der Waals surface area contributed by atoms with Gasteiger partial charge in [-0.15, -0.1) is 11.3 Å². The molecule has 94 valence electrons. The van der Waals surface area contributed by atoms with E-state index >= 15 is 0 Å². The molecule has 1 amide bonds. The molecule has 0 aliphatic rings. The molecule has 0 aliphatic heterocycles. The Labute approximate surface area is 109 Å². The lowest BCUT2D eigenvalue weighted by atomic mass is 10.2. The Bertz CT molecular complexity index is 560. The molecule has 18 heavy (non-hydrogen) atoms. The van der Waals surface area contributed by atoms with Gasteiger partial charge in [0.2, 0.25) is 0 Å². The minimum Gasteiger partial charge on any atom is -0.321 e. The van der Waals surface area contributed by atoms with Crippen molar-refractivity contribution in [2.45, 2.75) is 20.3 Å². The lowest BCUT2D eigenvalue weighted by Gasteiger charge is -2.02. The molecule has 2 aromatic rings. The predicted octanol–water partition coefficient (Wildman–Crippen LogP) is 4.01. The highest BCUT2D eigenvalue weighted by Gasteiger charge is 2.11. The van der Waals surface area contributed by atoms with E-state index in [4.69, 9.17) is 0 Å². The number of thiophene rings is 1. The molecular formula is C14H14FNOS. The normalized spacial score (nSPS) is 10.4. The van der Waals surface area contributed by atoms with Crippen molar-refractivity contribution < 1.29 is 9.18 Å². The van der Waals surface area contributed by atoms with E-state index in [0.717, 1.165) is 12.0 Å². The Balaban J connectivity index is 2.14. The van der Waals surface area contributed by atoms with E-state index in [1.807, 2.05) is 13.0 Å². The van der Waals surface area contributed by atoms with Gasteiger partial charge in [-0.3, -0.25) is 4.79 Å². The molecule has 0 saturated heterocycles. The van der Waals surface area contributed by atoms with Crippen molar-refractivity contribution in [3.63, 3.8) is 0 Å². The number of nitrogens with one attached hydrogen (secondary N) is 1. The summed E-state index contributed by atoms with van der Waals surface area (Å²) in [6.07, 6.45) is 0.931. The first-order chi connectivity index (χ1) is 8.60. The van der Waals surface area contributed by atoms with Crippen molar-refractivity contribution in [3.8, 4) is 0 Å². The quantitative estimate of drug-likeness (QED) is 0.890. The maximum Gasteiger partial charge on any atom is 0.265 e. The third-order valence-electron chi connectivity index (χ3n) is 2.67. The van der Waals surface area contributed by atoms with Crippen molar-refractivity contribution in [1.82, 2.24) is 0 Å². The van der Waals surface area contributed by atoms with Crippen LogP contribution < -0.4 is 5.32 Å². The summed E-state index contributed by atoms with van der Waals surface area (Å²) in [5, 5.41) is 2.75. The fourth-order valence-electron chi connectivity index (χ4n) is 1.71. The molecule has 0 fully saturated rings. The zero-order valence-corrected chi connectivity index (χ0v) is 11.1. The number of carbonyl (C=O) groups excluding carboxylic acids is 1. The average Bonchev–Trinajstić information content (AvgIpc) is 2.73. The first-order valence-corrected chi connectivity index (χ1v) is 6.58. The van der Waals surface area contributed by atoms with Crippen LogP contribution in [0.15, 0.2) is 30.3 Å². The molecule has 1 N–H and O–H groups in total. The fraction of sp³-hybridized carbons (Fsp3) is 0.214. The zero-order chi connectivity index (χ0) is 13.1. The van der Waals surface area contributed by atoms with Gasteiger partial charge in [0.15, 0.2) is 0 Å². The van der Waals surface area contributed by atoms with Crippen LogP contribution in [0.3, 0.4) is 0 Å². The number of halogens is 1. The minimum atomic E-state index is -0.312. The summed E-state index contributed by atoms with van der Waals surface area (Å²) in [6.45, 7) is 4.07. The van der Waals surface area contributed by atoms with Crippen LogP contribution in [0.2, 0.25) is 0 Å². The van der Waals surface area contributed by atoms with Crippen molar-refractivity contribution in [2.24, 2.45) is 0 Å². The molecule has 4 heteroatoms. The predicted molar refractivity (Wildman–Crippen MR) is 72.8 cm³/mol. The van der Waals surface area contributed by atoms with Crippen LogP contribution in [0.5, 0.6) is 0 Å². The number of hydrogen-bond donors (Lipinski definition) is 1. The molecule has 0 spiro atoms. The smallest absolute Gasteiger partial charge is 0.265 e. The number of rotatable bonds is 3. The second kappa shape index (κ2) is 5.31. The zero-order valence-electron chi connectivity index (χ0n) is 10.3. The average molecular weight is 263 g/mol. The van der Waals surface area contributed by atoms with Gasteiger partial charge in [0.05, 0.1) is 4.88 Å². The van der Waals surface area contributed by atoms with E-state index in [2.05, 4.69) is 12.2 Å². The Kier molecular flexibility index (Phi) is 3.77. The first kappa shape index (κ1) is 12.8. The largest absolute Gasteiger partial charge is 0.321 e. The Hall–Kier alpha value is -1.68. The summed E-state index contributed by atoms with van der Waals surface area (Å²) in [5.41, 5.74) is 1.75. The highest BCUT2D eigenvalue weighted by atomic mass is 32.1. The molecule has 0 unspecified atom stereocenters. The second-order valence-electron chi connectivity index (χ2n) is 4.03. The molecule has 2 rings (SSSR count). The first-order valence-electron chi connectivity index (χ1n) is 5.76. The maximum absolute atomic E-state index is 12.7. The monoisotopic (exact) mass is 263 g/mol. The van der Waals surface area contributed by atoms with Crippen molar-refractivity contribution in [3.05, 3.63) is 51.5 Å². The van der Waals surface area contributed by atoms with E-state index in [1.54, 1.807) is 12.1 Å². The summed E-state index contributed by atoms with van der Waals surface area (Å²) in [7, 11) is 0. The molecule has 0 aliphatic carbocycles. The number of carbonyl (C=O) groups is 1. The van der Waals surface area contributed by atoms with Gasteiger partial charge in [-0.1, -0.05) is 6.92 Å². The van der Waals surface area contributed by atoms with Crippen LogP contribution in [0.25, 0.3) is 0 Å². The highest BCUT2D eigenvalue weighted by Crippen LogP contribution is 2.23. The summed E-state index contributed by atoms with van der Waals surface area (Å²) in [4.78, 5) is 13.9. The lowest BCUT2D eigenvalue weighted by molar-refractivity contribution is 0.103. The Morgan fingerprint density at radius 2 is 2.00 bits per heavy atom. The Morgan fingerprint density at radius 3 is 2.56 bits per heavy atom. The Morgan fingerprint density at radius 1 is 1.33 bits per heavy atom. The van der Waals surface area contributed by atoms with E-state index in [1.165, 1.54) is 28.3 Å². The number of benzene rings is 1. The summed E-state index contributed by atoms with van der Waals surface area (Å²) in [6, 6.07) is 7.64. The van der Waals surface area contributed by atoms with E-state index in [9.17, 15) is 9.18 Å².